The highest BCUT2D eigenvalue weighted by Gasteiger charge is 2.32. The average molecular weight is 357 g/mol. The molecule has 0 radical (unpaired) electrons. The van der Waals surface area contributed by atoms with E-state index in [0.717, 1.165) is 5.56 Å². The number of benzene rings is 1. The number of hydrogen-bond acceptors (Lipinski definition) is 5. The number of carbonyl (C=O) groups excluding carboxylic acids is 1. The van der Waals surface area contributed by atoms with Gasteiger partial charge in [0.1, 0.15) is 11.9 Å². The van der Waals surface area contributed by atoms with Gasteiger partial charge in [-0.05, 0) is 40.2 Å². The van der Waals surface area contributed by atoms with Crippen LogP contribution in [0.1, 0.15) is 40.2 Å². The predicted molar refractivity (Wildman–Crippen MR) is 93.9 cm³/mol. The lowest BCUT2D eigenvalue weighted by atomic mass is 10.2. The monoisotopic (exact) mass is 357 g/mol. The van der Waals surface area contributed by atoms with Crippen molar-refractivity contribution in [3.8, 4) is 0 Å². The summed E-state index contributed by atoms with van der Waals surface area (Å²) < 4.78 is 28.8. The number of amides is 1. The van der Waals surface area contributed by atoms with Crippen LogP contribution < -0.4 is 0 Å². The smallest absolute Gasteiger partial charge is 0.411 e. The van der Waals surface area contributed by atoms with E-state index in [1.54, 1.807) is 34.6 Å². The summed E-state index contributed by atoms with van der Waals surface area (Å²) in [6.45, 7) is 9.58. The van der Waals surface area contributed by atoms with E-state index in [2.05, 4.69) is 0 Å². The van der Waals surface area contributed by atoms with Crippen LogP contribution >= 0.6 is 7.60 Å². The lowest BCUT2D eigenvalue weighted by Crippen LogP contribution is -2.37. The Labute approximate surface area is 144 Å². The zero-order valence-electron chi connectivity index (χ0n) is 15.2. The van der Waals surface area contributed by atoms with Gasteiger partial charge >= 0.3 is 13.7 Å². The third-order valence-corrected chi connectivity index (χ3v) is 4.85. The van der Waals surface area contributed by atoms with Crippen molar-refractivity contribution in [2.75, 3.05) is 19.5 Å². The molecule has 0 N–H and O–H groups in total. The van der Waals surface area contributed by atoms with Crippen molar-refractivity contribution in [1.82, 2.24) is 4.90 Å². The van der Waals surface area contributed by atoms with E-state index in [9.17, 15) is 9.36 Å². The molecule has 0 heterocycles. The Morgan fingerprint density at radius 2 is 1.62 bits per heavy atom. The van der Waals surface area contributed by atoms with E-state index in [4.69, 9.17) is 13.8 Å². The Kier molecular flexibility index (Phi) is 7.94. The summed E-state index contributed by atoms with van der Waals surface area (Å²) in [5.41, 5.74) is 0.260. The van der Waals surface area contributed by atoms with E-state index in [1.165, 1.54) is 4.90 Å². The van der Waals surface area contributed by atoms with Gasteiger partial charge in [-0.3, -0.25) is 9.46 Å². The van der Waals surface area contributed by atoms with E-state index in [-0.39, 0.29) is 26.0 Å². The van der Waals surface area contributed by atoms with Gasteiger partial charge in [-0.2, -0.15) is 0 Å². The fourth-order valence-corrected chi connectivity index (χ4v) is 3.68. The number of carbonyl (C=O) groups is 1. The van der Waals surface area contributed by atoms with E-state index < -0.39 is 19.3 Å². The quantitative estimate of drug-likeness (QED) is 0.634. The molecule has 0 aromatic heterocycles. The molecule has 0 aliphatic heterocycles. The Morgan fingerprint density at radius 3 is 2.08 bits per heavy atom. The molecule has 1 amide bonds. The van der Waals surface area contributed by atoms with Crippen LogP contribution in [0.15, 0.2) is 30.3 Å². The summed E-state index contributed by atoms with van der Waals surface area (Å²) >= 11 is 0. The molecule has 1 aromatic carbocycles. The van der Waals surface area contributed by atoms with Gasteiger partial charge in [-0.1, -0.05) is 30.3 Å². The molecular formula is C17H28NO5P. The lowest BCUT2D eigenvalue weighted by molar-refractivity contribution is 0.0250. The van der Waals surface area contributed by atoms with Gasteiger partial charge in [0.05, 0.1) is 13.2 Å². The normalized spacial score (nSPS) is 12.0. The second-order valence-electron chi connectivity index (χ2n) is 6.25. The molecule has 1 aromatic rings. The van der Waals surface area contributed by atoms with Gasteiger partial charge in [0.15, 0.2) is 0 Å². The minimum absolute atomic E-state index is 0.154. The molecule has 0 aliphatic carbocycles. The molecule has 7 heteroatoms. The summed E-state index contributed by atoms with van der Waals surface area (Å²) in [6.07, 6.45) is -0.704. The van der Waals surface area contributed by atoms with Gasteiger partial charge in [0.25, 0.3) is 0 Å². The fraction of sp³-hybridized carbons (Fsp3) is 0.588. The van der Waals surface area contributed by atoms with Crippen molar-refractivity contribution in [3.05, 3.63) is 35.9 Å². The molecule has 0 spiro atoms. The van der Waals surface area contributed by atoms with Gasteiger partial charge in [0.2, 0.25) is 0 Å². The van der Waals surface area contributed by atoms with Crippen LogP contribution in [0.5, 0.6) is 0 Å². The van der Waals surface area contributed by atoms with Crippen molar-refractivity contribution < 1.29 is 23.1 Å². The van der Waals surface area contributed by atoms with Gasteiger partial charge in [-0.25, -0.2) is 4.79 Å². The Balaban J connectivity index is 2.98. The maximum absolute atomic E-state index is 12.8. The highest BCUT2D eigenvalue weighted by atomic mass is 31.2. The zero-order chi connectivity index (χ0) is 18.2. The highest BCUT2D eigenvalue weighted by Crippen LogP contribution is 2.48. The molecule has 0 bridgehead atoms. The molecule has 24 heavy (non-hydrogen) atoms. The summed E-state index contributed by atoms with van der Waals surface area (Å²) in [7, 11) is -3.41. The SMILES string of the molecule is CCOP(=O)(CN(Cc1ccccc1)C(=O)OC(C)(C)C)OCC. The third kappa shape index (κ3) is 7.47. The number of rotatable bonds is 8. The van der Waals surface area contributed by atoms with Crippen molar-refractivity contribution in [3.63, 3.8) is 0 Å². The van der Waals surface area contributed by atoms with Gasteiger partial charge in [-0.15, -0.1) is 0 Å². The Bertz CT molecular complexity index is 546. The van der Waals surface area contributed by atoms with E-state index >= 15 is 0 Å². The molecule has 0 saturated carbocycles. The maximum atomic E-state index is 12.8. The molecule has 0 atom stereocenters. The molecule has 0 unspecified atom stereocenters. The van der Waals surface area contributed by atoms with Gasteiger partial charge in [0, 0.05) is 6.54 Å². The molecular weight excluding hydrogens is 329 g/mol. The molecule has 1 rings (SSSR count). The Hall–Kier alpha value is -1.36. The third-order valence-electron chi connectivity index (χ3n) is 2.86. The van der Waals surface area contributed by atoms with Crippen molar-refractivity contribution in [2.45, 2.75) is 46.8 Å². The Morgan fingerprint density at radius 1 is 1.08 bits per heavy atom. The summed E-state index contributed by atoms with van der Waals surface area (Å²) in [6, 6.07) is 9.44. The van der Waals surface area contributed by atoms with Crippen molar-refractivity contribution in [2.24, 2.45) is 0 Å². The average Bonchev–Trinajstić information content (AvgIpc) is 2.46. The first-order chi connectivity index (χ1) is 11.2. The molecule has 136 valence electrons. The van der Waals surface area contributed by atoms with Crippen LogP contribution in [-0.4, -0.2) is 36.1 Å². The maximum Gasteiger partial charge on any atom is 0.411 e. The molecule has 0 fully saturated rings. The van der Waals surface area contributed by atoms with Crippen LogP contribution in [0.3, 0.4) is 0 Å². The molecule has 0 saturated heterocycles. The highest BCUT2D eigenvalue weighted by molar-refractivity contribution is 7.53. The fourth-order valence-electron chi connectivity index (χ4n) is 2.02. The van der Waals surface area contributed by atoms with Gasteiger partial charge < -0.3 is 13.8 Å². The minimum atomic E-state index is -3.41. The number of hydrogen-bond donors (Lipinski definition) is 0. The second-order valence-corrected chi connectivity index (χ2v) is 8.27. The predicted octanol–water partition coefficient (Wildman–Crippen LogP) is 4.65. The summed E-state index contributed by atoms with van der Waals surface area (Å²) in [5, 5.41) is 0. The van der Waals surface area contributed by atoms with Crippen LogP contribution in [0.2, 0.25) is 0 Å². The van der Waals surface area contributed by atoms with Crippen LogP contribution in [-0.2, 0) is 24.9 Å². The second kappa shape index (κ2) is 9.21. The number of nitrogens with zero attached hydrogens (tertiary/aromatic N) is 1. The van der Waals surface area contributed by atoms with Crippen LogP contribution in [0, 0.1) is 0 Å². The largest absolute Gasteiger partial charge is 0.444 e. The van der Waals surface area contributed by atoms with E-state index in [0.29, 0.717) is 0 Å². The van der Waals surface area contributed by atoms with Crippen LogP contribution in [0.4, 0.5) is 4.79 Å². The molecule has 6 nitrogen and oxygen atoms in total. The van der Waals surface area contributed by atoms with Crippen LogP contribution in [0.25, 0.3) is 0 Å². The van der Waals surface area contributed by atoms with Crippen molar-refractivity contribution >= 4 is 13.7 Å². The zero-order valence-corrected chi connectivity index (χ0v) is 16.0. The topological polar surface area (TPSA) is 65.1 Å². The number of ether oxygens (including phenoxy) is 1. The summed E-state index contributed by atoms with van der Waals surface area (Å²) in [5.74, 6) is 0. The first-order valence-corrected chi connectivity index (χ1v) is 9.82. The first-order valence-electron chi connectivity index (χ1n) is 8.09. The van der Waals surface area contributed by atoms with Crippen molar-refractivity contribution in [1.29, 1.82) is 0 Å². The molecule has 0 aliphatic rings. The summed E-state index contributed by atoms with van der Waals surface area (Å²) in [4.78, 5) is 13.9. The van der Waals surface area contributed by atoms with E-state index in [1.807, 2.05) is 30.3 Å². The first kappa shape index (κ1) is 20.7. The lowest BCUT2D eigenvalue weighted by Gasteiger charge is -2.29. The minimum Gasteiger partial charge on any atom is -0.444 e. The standard InChI is InChI=1S/C17H28NO5P/c1-6-21-24(20,22-7-2)14-18(16(19)23-17(3,4)5)13-15-11-9-8-10-12-15/h8-12H,6-7,13-14H2,1-5H3.